The molecule has 0 saturated carbocycles. The molecular formula is C19H30N2O. The summed E-state index contributed by atoms with van der Waals surface area (Å²) in [6.07, 6.45) is 5.06. The van der Waals surface area contributed by atoms with E-state index in [1.54, 1.807) is 0 Å². The summed E-state index contributed by atoms with van der Waals surface area (Å²) in [5.41, 5.74) is 2.14. The predicted octanol–water partition coefficient (Wildman–Crippen LogP) is 3.59. The minimum atomic E-state index is 0.0408. The highest BCUT2D eigenvalue weighted by Crippen LogP contribution is 2.22. The van der Waals surface area contributed by atoms with E-state index in [-0.39, 0.29) is 11.3 Å². The van der Waals surface area contributed by atoms with Gasteiger partial charge in [-0.05, 0) is 62.0 Å². The molecule has 1 aromatic carbocycles. The fourth-order valence-electron chi connectivity index (χ4n) is 2.91. The number of benzene rings is 1. The molecule has 0 bridgehead atoms. The van der Waals surface area contributed by atoms with Crippen LogP contribution in [0, 0.1) is 0 Å². The van der Waals surface area contributed by atoms with Crippen molar-refractivity contribution in [2.75, 3.05) is 26.2 Å². The van der Waals surface area contributed by atoms with Gasteiger partial charge in [-0.15, -0.1) is 0 Å². The molecule has 0 aliphatic carbocycles. The third-order valence-corrected chi connectivity index (χ3v) is 4.40. The van der Waals surface area contributed by atoms with Crippen molar-refractivity contribution in [1.82, 2.24) is 10.2 Å². The van der Waals surface area contributed by atoms with Gasteiger partial charge >= 0.3 is 0 Å². The zero-order valence-electron chi connectivity index (χ0n) is 14.3. The number of carbonyl (C=O) groups excluding carboxylic acids is 1. The van der Waals surface area contributed by atoms with Crippen LogP contribution in [-0.2, 0) is 5.41 Å². The number of hydrogen-bond donors (Lipinski definition) is 1. The Morgan fingerprint density at radius 3 is 2.32 bits per heavy atom. The molecule has 3 heteroatoms. The van der Waals surface area contributed by atoms with E-state index in [2.05, 4.69) is 43.1 Å². The first-order valence-electron chi connectivity index (χ1n) is 8.58. The number of rotatable bonds is 5. The molecule has 0 aromatic heterocycles. The number of hydrogen-bond acceptors (Lipinski definition) is 2. The van der Waals surface area contributed by atoms with Gasteiger partial charge in [0.05, 0.1) is 0 Å². The minimum absolute atomic E-state index is 0.0408. The van der Waals surface area contributed by atoms with Crippen molar-refractivity contribution in [3.63, 3.8) is 0 Å². The van der Waals surface area contributed by atoms with Gasteiger partial charge in [-0.1, -0.05) is 39.3 Å². The highest BCUT2D eigenvalue weighted by molar-refractivity contribution is 5.94. The second-order valence-corrected chi connectivity index (χ2v) is 7.34. The van der Waals surface area contributed by atoms with E-state index < -0.39 is 0 Å². The van der Waals surface area contributed by atoms with Gasteiger partial charge in [0.1, 0.15) is 0 Å². The van der Waals surface area contributed by atoms with E-state index in [0.29, 0.717) is 0 Å². The molecular weight excluding hydrogens is 272 g/mol. The van der Waals surface area contributed by atoms with Gasteiger partial charge in [0.2, 0.25) is 0 Å². The quantitative estimate of drug-likeness (QED) is 0.843. The Morgan fingerprint density at radius 2 is 1.73 bits per heavy atom. The summed E-state index contributed by atoms with van der Waals surface area (Å²) in [7, 11) is 0. The summed E-state index contributed by atoms with van der Waals surface area (Å²) in [5.74, 6) is 0.0408. The third-order valence-electron chi connectivity index (χ3n) is 4.40. The highest BCUT2D eigenvalue weighted by atomic mass is 16.1. The van der Waals surface area contributed by atoms with Crippen LogP contribution >= 0.6 is 0 Å². The van der Waals surface area contributed by atoms with Crippen LogP contribution in [0.4, 0.5) is 0 Å². The molecule has 22 heavy (non-hydrogen) atoms. The molecule has 0 unspecified atom stereocenters. The first-order chi connectivity index (χ1) is 10.5. The van der Waals surface area contributed by atoms with Crippen molar-refractivity contribution in [3.05, 3.63) is 35.4 Å². The summed E-state index contributed by atoms with van der Waals surface area (Å²) >= 11 is 0. The average molecular weight is 302 g/mol. The van der Waals surface area contributed by atoms with E-state index >= 15 is 0 Å². The van der Waals surface area contributed by atoms with Crippen molar-refractivity contribution in [2.45, 2.75) is 51.9 Å². The van der Waals surface area contributed by atoms with Gasteiger partial charge in [0.15, 0.2) is 0 Å². The number of nitrogens with zero attached hydrogens (tertiary/aromatic N) is 1. The summed E-state index contributed by atoms with van der Waals surface area (Å²) in [6, 6.07) is 7.98. The number of piperidine rings is 1. The summed E-state index contributed by atoms with van der Waals surface area (Å²) in [5, 5.41) is 3.03. The average Bonchev–Trinajstić information content (AvgIpc) is 2.52. The molecule has 1 saturated heterocycles. The van der Waals surface area contributed by atoms with Gasteiger partial charge in [0, 0.05) is 12.1 Å². The SMILES string of the molecule is CC(C)(C)c1ccc(C(=O)NCCCN2CCCCC2)cc1. The second-order valence-electron chi connectivity index (χ2n) is 7.34. The van der Waals surface area contributed by atoms with Gasteiger partial charge in [-0.25, -0.2) is 0 Å². The summed E-state index contributed by atoms with van der Waals surface area (Å²) < 4.78 is 0. The fraction of sp³-hybridized carbons (Fsp3) is 0.632. The van der Waals surface area contributed by atoms with E-state index in [0.717, 1.165) is 25.1 Å². The maximum atomic E-state index is 12.1. The molecule has 0 spiro atoms. The summed E-state index contributed by atoms with van der Waals surface area (Å²) in [6.45, 7) is 10.9. The van der Waals surface area contributed by atoms with Gasteiger partial charge in [-0.2, -0.15) is 0 Å². The van der Waals surface area contributed by atoms with E-state index in [4.69, 9.17) is 0 Å². The maximum Gasteiger partial charge on any atom is 0.251 e. The lowest BCUT2D eigenvalue weighted by molar-refractivity contribution is 0.0951. The molecule has 1 fully saturated rings. The van der Waals surface area contributed by atoms with Gasteiger partial charge in [-0.3, -0.25) is 4.79 Å². The smallest absolute Gasteiger partial charge is 0.251 e. The number of amides is 1. The molecule has 122 valence electrons. The lowest BCUT2D eigenvalue weighted by Crippen LogP contribution is -2.33. The van der Waals surface area contributed by atoms with Crippen LogP contribution < -0.4 is 5.32 Å². The Balaban J connectivity index is 1.72. The molecule has 3 nitrogen and oxygen atoms in total. The zero-order chi connectivity index (χ0) is 16.0. The molecule has 1 aliphatic heterocycles. The fourth-order valence-corrected chi connectivity index (χ4v) is 2.91. The lowest BCUT2D eigenvalue weighted by atomic mass is 9.87. The summed E-state index contributed by atoms with van der Waals surface area (Å²) in [4.78, 5) is 14.6. The van der Waals surface area contributed by atoms with Crippen molar-refractivity contribution in [1.29, 1.82) is 0 Å². The molecule has 0 radical (unpaired) electrons. The number of likely N-dealkylation sites (tertiary alicyclic amines) is 1. The molecule has 2 rings (SSSR count). The Labute approximate surface area is 135 Å². The number of nitrogens with one attached hydrogen (secondary N) is 1. The van der Waals surface area contributed by atoms with Crippen molar-refractivity contribution >= 4 is 5.91 Å². The van der Waals surface area contributed by atoms with Gasteiger partial charge < -0.3 is 10.2 Å². The van der Waals surface area contributed by atoms with E-state index in [1.807, 2.05) is 12.1 Å². The maximum absolute atomic E-state index is 12.1. The number of carbonyl (C=O) groups is 1. The zero-order valence-corrected chi connectivity index (χ0v) is 14.3. The van der Waals surface area contributed by atoms with Crippen LogP contribution in [0.3, 0.4) is 0 Å². The Bertz CT molecular complexity index is 467. The predicted molar refractivity (Wildman–Crippen MR) is 92.4 cm³/mol. The van der Waals surface area contributed by atoms with Crippen LogP contribution in [-0.4, -0.2) is 37.0 Å². The van der Waals surface area contributed by atoms with E-state index in [1.165, 1.54) is 37.9 Å². The van der Waals surface area contributed by atoms with Crippen molar-refractivity contribution in [2.24, 2.45) is 0 Å². The van der Waals surface area contributed by atoms with Crippen LogP contribution in [0.25, 0.3) is 0 Å². The van der Waals surface area contributed by atoms with E-state index in [9.17, 15) is 4.79 Å². The first kappa shape index (κ1) is 17.0. The molecule has 1 aliphatic rings. The largest absolute Gasteiger partial charge is 0.352 e. The van der Waals surface area contributed by atoms with Crippen LogP contribution in [0.15, 0.2) is 24.3 Å². The Morgan fingerprint density at radius 1 is 1.09 bits per heavy atom. The molecule has 1 amide bonds. The second kappa shape index (κ2) is 7.77. The third kappa shape index (κ3) is 5.13. The molecule has 0 atom stereocenters. The molecule has 1 aromatic rings. The van der Waals surface area contributed by atoms with Crippen LogP contribution in [0.1, 0.15) is 62.4 Å². The monoisotopic (exact) mass is 302 g/mol. The molecule has 1 N–H and O–H groups in total. The highest BCUT2D eigenvalue weighted by Gasteiger charge is 2.14. The van der Waals surface area contributed by atoms with Gasteiger partial charge in [0.25, 0.3) is 5.91 Å². The Kier molecular flexibility index (Phi) is 6.01. The minimum Gasteiger partial charge on any atom is -0.352 e. The van der Waals surface area contributed by atoms with Crippen LogP contribution in [0.2, 0.25) is 0 Å². The standard InChI is InChI=1S/C19H30N2O/c1-19(2,3)17-10-8-16(9-11-17)18(22)20-12-7-15-21-13-5-4-6-14-21/h8-11H,4-7,12-15H2,1-3H3,(H,20,22). The molecule has 1 heterocycles. The lowest BCUT2D eigenvalue weighted by Gasteiger charge is -2.26. The topological polar surface area (TPSA) is 32.3 Å². The normalized spacial score (nSPS) is 16.5. The first-order valence-corrected chi connectivity index (χ1v) is 8.58. The Hall–Kier alpha value is -1.35. The van der Waals surface area contributed by atoms with Crippen LogP contribution in [0.5, 0.6) is 0 Å². The van der Waals surface area contributed by atoms with Crippen molar-refractivity contribution in [3.8, 4) is 0 Å². The van der Waals surface area contributed by atoms with Crippen molar-refractivity contribution < 1.29 is 4.79 Å².